The van der Waals surface area contributed by atoms with Gasteiger partial charge in [-0.1, -0.05) is 121 Å². The average Bonchev–Trinajstić information content (AvgIpc) is 3.70. The summed E-state index contributed by atoms with van der Waals surface area (Å²) in [5.74, 6) is 0. The number of rotatable bonds is 3. The van der Waals surface area contributed by atoms with Crippen molar-refractivity contribution < 1.29 is 0 Å². The minimum atomic E-state index is 0.0605. The molecule has 0 spiro atoms. The van der Waals surface area contributed by atoms with Crippen LogP contribution in [0.2, 0.25) is 0 Å². The number of anilines is 2. The second-order valence-electron chi connectivity index (χ2n) is 14.2. The topological polar surface area (TPSA) is 33.4 Å². The van der Waals surface area contributed by atoms with Crippen molar-refractivity contribution in [1.29, 1.82) is 0 Å². The Labute approximate surface area is 299 Å². The van der Waals surface area contributed by atoms with Crippen LogP contribution in [0.3, 0.4) is 0 Å². The molecule has 0 radical (unpaired) electrons. The largest absolute Gasteiger partial charge is 0.374 e. The summed E-state index contributed by atoms with van der Waals surface area (Å²) in [6, 6.07) is 62.5. The lowest BCUT2D eigenvalue weighted by Crippen LogP contribution is -2.30. The van der Waals surface area contributed by atoms with Crippen LogP contribution < -0.4 is 10.6 Å². The third kappa shape index (κ3) is 3.70. The monoisotopic (exact) mass is 664 g/mol. The molecule has 11 aromatic rings. The number of benzene rings is 8. The smallest absolute Gasteiger partial charge is 0.0758 e. The van der Waals surface area contributed by atoms with Crippen molar-refractivity contribution >= 4 is 82.0 Å². The van der Waals surface area contributed by atoms with Crippen LogP contribution in [0.15, 0.2) is 170 Å². The van der Waals surface area contributed by atoms with Crippen LogP contribution in [0.25, 0.3) is 76.4 Å². The number of nitrogens with one attached hydrogen (secondary N) is 2. The van der Waals surface area contributed by atoms with Crippen LogP contribution in [0, 0.1) is 0 Å². The van der Waals surface area contributed by atoms with E-state index in [2.05, 4.69) is 189 Å². The first-order valence-electron chi connectivity index (χ1n) is 18.1. The SMILES string of the molecule is c1ccc(C2Nc3ccccc3NC2c2ccc(-n3c4cccc5c6cccc7c8c9ccccc9ccc8n(c8cccc3c8c54)c67)cc2)cc1. The van der Waals surface area contributed by atoms with Crippen molar-refractivity contribution in [2.24, 2.45) is 0 Å². The van der Waals surface area contributed by atoms with E-state index >= 15 is 0 Å². The number of hydrogen-bond acceptors (Lipinski definition) is 2. The first-order valence-corrected chi connectivity index (χ1v) is 18.1. The molecule has 0 fully saturated rings. The second-order valence-corrected chi connectivity index (χ2v) is 14.2. The predicted molar refractivity (Wildman–Crippen MR) is 219 cm³/mol. The van der Waals surface area contributed by atoms with Crippen LogP contribution in [0.5, 0.6) is 0 Å². The summed E-state index contributed by atoms with van der Waals surface area (Å²) < 4.78 is 5.00. The Morgan fingerprint density at radius 2 is 0.942 bits per heavy atom. The summed E-state index contributed by atoms with van der Waals surface area (Å²) in [6.45, 7) is 0. The molecule has 2 N–H and O–H groups in total. The van der Waals surface area contributed by atoms with Gasteiger partial charge in [0, 0.05) is 32.6 Å². The lowest BCUT2D eigenvalue weighted by Gasteiger charge is -2.37. The molecule has 1 aliphatic rings. The first-order chi connectivity index (χ1) is 25.8. The van der Waals surface area contributed by atoms with E-state index in [0.717, 1.165) is 17.1 Å². The molecular weight excluding hydrogens is 633 g/mol. The Morgan fingerprint density at radius 1 is 0.365 bits per heavy atom. The standard InChI is InChI=1S/C48H32N4/c1-2-12-30(13-3-1)46-47(50-38-19-7-6-18-37(38)49-46)31-23-26-32(27-24-31)51-39-20-9-15-34-35-16-8-17-36-43-33-14-5-4-11-29(33)25-28-42(43)52(48(35)36)41-22-10-21-40(51)45(41)44(34)39/h1-28,46-47,49-50H. The molecule has 52 heavy (non-hydrogen) atoms. The van der Waals surface area contributed by atoms with Crippen molar-refractivity contribution in [1.82, 2.24) is 8.97 Å². The Bertz CT molecular complexity index is 3190. The molecule has 4 heteroatoms. The van der Waals surface area contributed by atoms with Crippen molar-refractivity contribution in [2.75, 3.05) is 10.6 Å². The van der Waals surface area contributed by atoms with Crippen LogP contribution in [-0.4, -0.2) is 8.97 Å². The molecule has 12 rings (SSSR count). The van der Waals surface area contributed by atoms with Crippen LogP contribution in [0.1, 0.15) is 23.2 Å². The molecule has 0 bridgehead atoms. The van der Waals surface area contributed by atoms with Gasteiger partial charge in [0.2, 0.25) is 0 Å². The van der Waals surface area contributed by atoms with Gasteiger partial charge in [-0.15, -0.1) is 0 Å². The summed E-state index contributed by atoms with van der Waals surface area (Å²) in [4.78, 5) is 0. The average molecular weight is 665 g/mol. The fraction of sp³-hybridized carbons (Fsp3) is 0.0417. The highest BCUT2D eigenvalue weighted by atomic mass is 15.1. The Morgan fingerprint density at radius 3 is 1.75 bits per heavy atom. The van der Waals surface area contributed by atoms with Gasteiger partial charge in [-0.25, -0.2) is 0 Å². The van der Waals surface area contributed by atoms with Crippen LogP contribution in [-0.2, 0) is 0 Å². The summed E-state index contributed by atoms with van der Waals surface area (Å²) >= 11 is 0. The van der Waals surface area contributed by atoms with Crippen LogP contribution in [0.4, 0.5) is 11.4 Å². The zero-order chi connectivity index (χ0) is 33.9. The third-order valence-corrected chi connectivity index (χ3v) is 11.6. The van der Waals surface area contributed by atoms with Crippen molar-refractivity contribution in [3.05, 3.63) is 181 Å². The van der Waals surface area contributed by atoms with E-state index in [-0.39, 0.29) is 12.1 Å². The number of nitrogens with zero attached hydrogens (tertiary/aromatic N) is 2. The van der Waals surface area contributed by atoms with Crippen molar-refractivity contribution in [3.63, 3.8) is 0 Å². The Kier molecular flexibility index (Phi) is 5.58. The summed E-state index contributed by atoms with van der Waals surface area (Å²) in [5.41, 5.74) is 12.1. The Balaban J connectivity index is 1.10. The van der Waals surface area contributed by atoms with Gasteiger partial charge < -0.3 is 19.6 Å². The molecule has 3 aromatic heterocycles. The van der Waals surface area contributed by atoms with Gasteiger partial charge in [0.1, 0.15) is 0 Å². The minimum Gasteiger partial charge on any atom is -0.374 e. The van der Waals surface area contributed by atoms with E-state index in [1.165, 1.54) is 81.8 Å². The van der Waals surface area contributed by atoms with E-state index in [9.17, 15) is 0 Å². The van der Waals surface area contributed by atoms with Gasteiger partial charge in [-0.3, -0.25) is 0 Å². The molecule has 0 aliphatic carbocycles. The number of hydrogen-bond donors (Lipinski definition) is 2. The minimum absolute atomic E-state index is 0.0605. The zero-order valence-electron chi connectivity index (χ0n) is 28.2. The van der Waals surface area contributed by atoms with E-state index in [0.29, 0.717) is 0 Å². The molecule has 2 atom stereocenters. The van der Waals surface area contributed by atoms with E-state index in [4.69, 9.17) is 0 Å². The molecule has 8 aromatic carbocycles. The fourth-order valence-corrected chi connectivity index (χ4v) is 9.36. The van der Waals surface area contributed by atoms with Gasteiger partial charge in [-0.2, -0.15) is 0 Å². The van der Waals surface area contributed by atoms with Crippen molar-refractivity contribution in [2.45, 2.75) is 12.1 Å². The van der Waals surface area contributed by atoms with Gasteiger partial charge in [0.25, 0.3) is 0 Å². The molecule has 4 nitrogen and oxygen atoms in total. The quantitative estimate of drug-likeness (QED) is 0.197. The van der Waals surface area contributed by atoms with Gasteiger partial charge >= 0.3 is 0 Å². The highest BCUT2D eigenvalue weighted by molar-refractivity contribution is 6.33. The summed E-state index contributed by atoms with van der Waals surface area (Å²) in [6.07, 6.45) is 0. The normalized spacial score (nSPS) is 16.0. The number of para-hydroxylation sites is 3. The predicted octanol–water partition coefficient (Wildman–Crippen LogP) is 12.4. The lowest BCUT2D eigenvalue weighted by atomic mass is 9.90. The molecule has 2 unspecified atom stereocenters. The molecule has 1 aliphatic heterocycles. The highest BCUT2D eigenvalue weighted by Crippen LogP contribution is 2.46. The first kappa shape index (κ1) is 28.0. The molecule has 0 saturated carbocycles. The maximum Gasteiger partial charge on any atom is 0.0758 e. The summed E-state index contributed by atoms with van der Waals surface area (Å²) in [7, 11) is 0. The van der Waals surface area contributed by atoms with Crippen molar-refractivity contribution in [3.8, 4) is 5.69 Å². The molecule has 0 amide bonds. The van der Waals surface area contributed by atoms with E-state index in [1.54, 1.807) is 0 Å². The van der Waals surface area contributed by atoms with Gasteiger partial charge in [0.05, 0.1) is 51.0 Å². The molecule has 0 saturated heterocycles. The number of aromatic nitrogens is 2. The van der Waals surface area contributed by atoms with Gasteiger partial charge in [-0.05, 0) is 75.8 Å². The maximum absolute atomic E-state index is 3.88. The Hall–Kier alpha value is -6.78. The summed E-state index contributed by atoms with van der Waals surface area (Å²) in [5, 5.41) is 18.1. The maximum atomic E-state index is 3.88. The molecule has 244 valence electrons. The highest BCUT2D eigenvalue weighted by Gasteiger charge is 2.30. The third-order valence-electron chi connectivity index (χ3n) is 11.6. The van der Waals surface area contributed by atoms with E-state index in [1.807, 2.05) is 0 Å². The van der Waals surface area contributed by atoms with Crippen LogP contribution >= 0.6 is 0 Å². The van der Waals surface area contributed by atoms with Gasteiger partial charge in [0.15, 0.2) is 0 Å². The fourth-order valence-electron chi connectivity index (χ4n) is 9.36. The number of fused-ring (bicyclic) bond motifs is 8. The second kappa shape index (κ2) is 10.4. The zero-order valence-corrected chi connectivity index (χ0v) is 28.2. The molecule has 4 heterocycles. The van der Waals surface area contributed by atoms with E-state index < -0.39 is 0 Å². The molecular formula is C48H32N4. The lowest BCUT2D eigenvalue weighted by molar-refractivity contribution is 0.636.